The van der Waals surface area contributed by atoms with Gasteiger partial charge >= 0.3 is 0 Å². The Labute approximate surface area is 130 Å². The molecule has 3 aromatic rings. The number of nitrogens with two attached hydrogens (primary N) is 1. The third-order valence-electron chi connectivity index (χ3n) is 3.19. The highest BCUT2D eigenvalue weighted by Gasteiger charge is 2.14. The Kier molecular flexibility index (Phi) is 3.81. The summed E-state index contributed by atoms with van der Waals surface area (Å²) in [4.78, 5) is 15.3. The van der Waals surface area contributed by atoms with E-state index in [1.54, 1.807) is 11.3 Å². The Balaban J connectivity index is 1.84. The first kappa shape index (κ1) is 14.3. The fourth-order valence-corrected chi connectivity index (χ4v) is 3.73. The van der Waals surface area contributed by atoms with Crippen molar-refractivity contribution in [3.63, 3.8) is 0 Å². The van der Waals surface area contributed by atoms with E-state index in [4.69, 9.17) is 10.3 Å². The lowest BCUT2D eigenvalue weighted by molar-refractivity contribution is 0.385. The molecule has 0 bridgehead atoms. The number of nitrogens with zero attached hydrogens (tertiary/aromatic N) is 4. The van der Waals surface area contributed by atoms with Gasteiger partial charge in [0.2, 0.25) is 5.89 Å². The van der Waals surface area contributed by atoms with Crippen LogP contribution in [0, 0.1) is 13.8 Å². The molecular weight excluding hydrogens is 306 g/mol. The number of aromatic nitrogens is 4. The molecular formula is C13H15N5OS2. The second-order valence-electron chi connectivity index (χ2n) is 4.60. The van der Waals surface area contributed by atoms with Gasteiger partial charge in [0.15, 0.2) is 11.0 Å². The molecule has 0 amide bonds. The second-order valence-corrected chi connectivity index (χ2v) is 6.75. The zero-order chi connectivity index (χ0) is 15.0. The van der Waals surface area contributed by atoms with Crippen LogP contribution in [0.25, 0.3) is 10.2 Å². The Morgan fingerprint density at radius 2 is 2.05 bits per heavy atom. The largest absolute Gasteiger partial charge is 0.383 e. The fourth-order valence-electron chi connectivity index (χ4n) is 1.94. The highest BCUT2D eigenvalue weighted by Crippen LogP contribution is 2.33. The van der Waals surface area contributed by atoms with Gasteiger partial charge in [-0.1, -0.05) is 23.8 Å². The predicted molar refractivity (Wildman–Crippen MR) is 84.5 cm³/mol. The van der Waals surface area contributed by atoms with Crippen LogP contribution >= 0.6 is 23.1 Å². The van der Waals surface area contributed by atoms with E-state index in [1.807, 2.05) is 13.8 Å². The molecule has 0 saturated carbocycles. The summed E-state index contributed by atoms with van der Waals surface area (Å²) < 4.78 is 5.15. The Morgan fingerprint density at radius 3 is 2.76 bits per heavy atom. The van der Waals surface area contributed by atoms with Crippen LogP contribution < -0.4 is 5.73 Å². The molecule has 0 aliphatic heterocycles. The van der Waals surface area contributed by atoms with E-state index in [-0.39, 0.29) is 0 Å². The molecule has 0 aliphatic carbocycles. The van der Waals surface area contributed by atoms with Crippen LogP contribution in [0.5, 0.6) is 0 Å². The molecule has 6 nitrogen and oxygen atoms in total. The average molecular weight is 321 g/mol. The summed E-state index contributed by atoms with van der Waals surface area (Å²) in [6.45, 7) is 6.10. The van der Waals surface area contributed by atoms with Crippen molar-refractivity contribution in [3.8, 4) is 0 Å². The lowest BCUT2D eigenvalue weighted by atomic mass is 10.2. The van der Waals surface area contributed by atoms with Crippen molar-refractivity contribution >= 4 is 39.1 Å². The molecule has 3 heterocycles. The molecule has 0 atom stereocenters. The van der Waals surface area contributed by atoms with E-state index in [2.05, 4.69) is 27.0 Å². The predicted octanol–water partition coefficient (Wildman–Crippen LogP) is 3.13. The quantitative estimate of drug-likeness (QED) is 0.583. The van der Waals surface area contributed by atoms with Gasteiger partial charge in [-0.25, -0.2) is 9.97 Å². The number of anilines is 1. The van der Waals surface area contributed by atoms with Crippen LogP contribution in [0.4, 0.5) is 5.82 Å². The third-order valence-corrected chi connectivity index (χ3v) is 5.12. The highest BCUT2D eigenvalue weighted by molar-refractivity contribution is 7.98. The topological polar surface area (TPSA) is 90.7 Å². The smallest absolute Gasteiger partial charge is 0.237 e. The molecule has 2 N–H and O–H groups in total. The summed E-state index contributed by atoms with van der Waals surface area (Å²) >= 11 is 3.09. The maximum atomic E-state index is 6.06. The molecule has 21 heavy (non-hydrogen) atoms. The number of hydrogen-bond donors (Lipinski definition) is 1. The first-order valence-electron chi connectivity index (χ1n) is 6.56. The molecule has 3 rings (SSSR count). The molecule has 3 aromatic heterocycles. The van der Waals surface area contributed by atoms with Gasteiger partial charge in [0.1, 0.15) is 10.6 Å². The summed E-state index contributed by atoms with van der Waals surface area (Å²) in [5.74, 6) is 2.37. The molecule has 0 fully saturated rings. The fraction of sp³-hybridized carbons (Fsp3) is 0.385. The summed E-state index contributed by atoms with van der Waals surface area (Å²) in [6, 6.07) is 0. The Hall–Kier alpha value is -1.67. The molecule has 0 spiro atoms. The highest BCUT2D eigenvalue weighted by atomic mass is 32.2. The van der Waals surface area contributed by atoms with E-state index in [1.165, 1.54) is 16.6 Å². The summed E-state index contributed by atoms with van der Waals surface area (Å²) in [5.41, 5.74) is 7.22. The first-order chi connectivity index (χ1) is 10.1. The van der Waals surface area contributed by atoms with E-state index in [0.29, 0.717) is 28.4 Å². The van der Waals surface area contributed by atoms with Crippen molar-refractivity contribution in [2.45, 2.75) is 38.1 Å². The Bertz CT molecular complexity index is 795. The monoisotopic (exact) mass is 321 g/mol. The molecule has 8 heteroatoms. The summed E-state index contributed by atoms with van der Waals surface area (Å²) in [6.07, 6.45) is 0.761. The van der Waals surface area contributed by atoms with Crippen LogP contribution in [-0.4, -0.2) is 20.1 Å². The van der Waals surface area contributed by atoms with Crippen molar-refractivity contribution < 1.29 is 4.52 Å². The van der Waals surface area contributed by atoms with E-state index in [9.17, 15) is 0 Å². The zero-order valence-electron chi connectivity index (χ0n) is 12.0. The average Bonchev–Trinajstić information content (AvgIpc) is 3.02. The number of thiophene rings is 1. The summed E-state index contributed by atoms with van der Waals surface area (Å²) in [5, 5.41) is 5.47. The number of aryl methyl sites for hydroxylation is 3. The van der Waals surface area contributed by atoms with Gasteiger partial charge in [0, 0.05) is 11.3 Å². The normalized spacial score (nSPS) is 11.4. The molecule has 0 unspecified atom stereocenters. The zero-order valence-corrected chi connectivity index (χ0v) is 13.6. The molecule has 0 saturated heterocycles. The first-order valence-corrected chi connectivity index (χ1v) is 8.36. The number of hydrogen-bond acceptors (Lipinski definition) is 8. The maximum absolute atomic E-state index is 6.06. The van der Waals surface area contributed by atoms with Crippen LogP contribution in [0.15, 0.2) is 9.68 Å². The van der Waals surface area contributed by atoms with Crippen LogP contribution in [-0.2, 0) is 12.2 Å². The number of rotatable bonds is 4. The van der Waals surface area contributed by atoms with Crippen molar-refractivity contribution in [1.82, 2.24) is 20.1 Å². The van der Waals surface area contributed by atoms with Gasteiger partial charge < -0.3 is 10.3 Å². The number of nitrogen functional groups attached to an aromatic ring is 1. The van der Waals surface area contributed by atoms with Gasteiger partial charge in [-0.05, 0) is 19.4 Å². The van der Waals surface area contributed by atoms with Crippen molar-refractivity contribution in [2.75, 3.05) is 5.73 Å². The minimum atomic E-state index is 0.532. The van der Waals surface area contributed by atoms with Gasteiger partial charge in [-0.2, -0.15) is 4.98 Å². The number of thioether (sulfide) groups is 1. The number of fused-ring (bicyclic) bond motifs is 1. The lowest BCUT2D eigenvalue weighted by Gasteiger charge is -2.01. The SMILES string of the molecule is CCc1noc(CSc2nc(N)c3c(C)c(C)sc3n2)n1. The second kappa shape index (κ2) is 5.61. The van der Waals surface area contributed by atoms with E-state index >= 15 is 0 Å². The molecule has 0 aromatic carbocycles. The van der Waals surface area contributed by atoms with Gasteiger partial charge in [-0.15, -0.1) is 11.3 Å². The minimum Gasteiger partial charge on any atom is -0.383 e. The van der Waals surface area contributed by atoms with Crippen molar-refractivity contribution in [1.29, 1.82) is 0 Å². The van der Waals surface area contributed by atoms with Gasteiger partial charge in [0.05, 0.1) is 11.1 Å². The maximum Gasteiger partial charge on any atom is 0.237 e. The van der Waals surface area contributed by atoms with Crippen LogP contribution in [0.2, 0.25) is 0 Å². The van der Waals surface area contributed by atoms with Crippen molar-refractivity contribution in [2.24, 2.45) is 0 Å². The summed E-state index contributed by atoms with van der Waals surface area (Å²) in [7, 11) is 0. The van der Waals surface area contributed by atoms with Crippen molar-refractivity contribution in [3.05, 3.63) is 22.2 Å². The Morgan fingerprint density at radius 1 is 1.24 bits per heavy atom. The van der Waals surface area contributed by atoms with Crippen LogP contribution in [0.1, 0.15) is 29.1 Å². The van der Waals surface area contributed by atoms with Gasteiger partial charge in [0.25, 0.3) is 0 Å². The molecule has 0 radical (unpaired) electrons. The minimum absolute atomic E-state index is 0.532. The molecule has 0 aliphatic rings. The van der Waals surface area contributed by atoms with E-state index < -0.39 is 0 Å². The van der Waals surface area contributed by atoms with Gasteiger partial charge in [-0.3, -0.25) is 0 Å². The lowest BCUT2D eigenvalue weighted by Crippen LogP contribution is -1.96. The van der Waals surface area contributed by atoms with Crippen LogP contribution in [0.3, 0.4) is 0 Å². The standard InChI is InChI=1S/C13H15N5OS2/c1-4-8-15-9(19-18-8)5-20-13-16-11(14)10-6(2)7(3)21-12(10)17-13/h4-5H2,1-3H3,(H2,14,16,17). The third kappa shape index (κ3) is 2.73. The molecule has 110 valence electrons. The van der Waals surface area contributed by atoms with E-state index in [0.717, 1.165) is 22.2 Å².